The van der Waals surface area contributed by atoms with Crippen molar-refractivity contribution in [3.05, 3.63) is 30.3 Å². The first-order valence-electron chi connectivity index (χ1n) is 8.92. The molecule has 5 nitrogen and oxygen atoms in total. The second-order valence-corrected chi connectivity index (χ2v) is 7.61. The van der Waals surface area contributed by atoms with E-state index in [4.69, 9.17) is 18.9 Å². The average Bonchev–Trinajstić information content (AvgIpc) is 3.35. The topological polar surface area (TPSA) is 57.3 Å². The van der Waals surface area contributed by atoms with E-state index < -0.39 is 11.7 Å². The standard InChI is InChI=1S/C20H28O5/c1-14-12-20(13-25-20)18(17(22-4)16(14)21)19(2,3)24-11-10-23-15-8-6-5-7-9-15/h5-9,14,17-18H,10-13H2,1-4H3/t14-,17+,18+,20-/m0/s1. The maximum atomic E-state index is 12.6. The van der Waals surface area contributed by atoms with E-state index in [0.717, 1.165) is 12.2 Å². The number of para-hydroxylation sites is 1. The Morgan fingerprint density at radius 2 is 1.92 bits per heavy atom. The lowest BCUT2D eigenvalue weighted by atomic mass is 9.65. The molecule has 0 aromatic heterocycles. The fraction of sp³-hybridized carbons (Fsp3) is 0.650. The molecule has 4 atom stereocenters. The van der Waals surface area contributed by atoms with E-state index in [9.17, 15) is 4.79 Å². The monoisotopic (exact) mass is 348 g/mol. The summed E-state index contributed by atoms with van der Waals surface area (Å²) < 4.78 is 23.2. The molecule has 1 aliphatic carbocycles. The molecule has 1 aromatic carbocycles. The van der Waals surface area contributed by atoms with Gasteiger partial charge in [0.1, 0.15) is 24.1 Å². The molecule has 1 heterocycles. The lowest BCUT2D eigenvalue weighted by molar-refractivity contribution is -0.170. The molecule has 25 heavy (non-hydrogen) atoms. The summed E-state index contributed by atoms with van der Waals surface area (Å²) in [5.74, 6) is 0.805. The summed E-state index contributed by atoms with van der Waals surface area (Å²) in [6.07, 6.45) is 0.250. The zero-order valence-electron chi connectivity index (χ0n) is 15.5. The summed E-state index contributed by atoms with van der Waals surface area (Å²) in [6, 6.07) is 9.66. The SMILES string of the molecule is CO[C@@H]1C(=O)[C@@H](C)C[C@]2(CO2)[C@H]1C(C)(C)OCCOc1ccccc1. The molecule has 3 rings (SSSR count). The molecular formula is C20H28O5. The van der Waals surface area contributed by atoms with E-state index in [1.807, 2.05) is 51.1 Å². The molecule has 2 fully saturated rings. The maximum Gasteiger partial charge on any atom is 0.164 e. The van der Waals surface area contributed by atoms with Crippen LogP contribution in [-0.4, -0.2) is 50.0 Å². The summed E-state index contributed by atoms with van der Waals surface area (Å²) >= 11 is 0. The van der Waals surface area contributed by atoms with E-state index in [0.29, 0.717) is 19.8 Å². The molecule has 1 saturated heterocycles. The predicted octanol–water partition coefficient (Wildman–Crippen LogP) is 2.87. The Morgan fingerprint density at radius 1 is 1.24 bits per heavy atom. The van der Waals surface area contributed by atoms with Crippen LogP contribution in [-0.2, 0) is 19.0 Å². The highest BCUT2D eigenvalue weighted by atomic mass is 16.6. The molecule has 0 unspecified atom stereocenters. The molecule has 1 aromatic rings. The van der Waals surface area contributed by atoms with Gasteiger partial charge >= 0.3 is 0 Å². The number of rotatable bonds is 7. The first kappa shape index (κ1) is 18.4. The fourth-order valence-electron chi connectivity index (χ4n) is 4.18. The number of carbonyl (C=O) groups excluding carboxylic acids is 1. The van der Waals surface area contributed by atoms with E-state index >= 15 is 0 Å². The highest BCUT2D eigenvalue weighted by Crippen LogP contribution is 2.52. The number of ether oxygens (including phenoxy) is 4. The second-order valence-electron chi connectivity index (χ2n) is 7.61. The van der Waals surface area contributed by atoms with Gasteiger partial charge in [-0.2, -0.15) is 0 Å². The molecule has 138 valence electrons. The quantitative estimate of drug-likeness (QED) is 0.560. The van der Waals surface area contributed by atoms with Crippen LogP contribution in [0.2, 0.25) is 0 Å². The van der Waals surface area contributed by atoms with E-state index in [1.165, 1.54) is 0 Å². The highest BCUT2D eigenvalue weighted by molar-refractivity contribution is 5.87. The number of ketones is 1. The van der Waals surface area contributed by atoms with E-state index in [2.05, 4.69) is 0 Å². The van der Waals surface area contributed by atoms with Crippen molar-refractivity contribution in [1.82, 2.24) is 0 Å². The van der Waals surface area contributed by atoms with Crippen molar-refractivity contribution in [2.24, 2.45) is 11.8 Å². The summed E-state index contributed by atoms with van der Waals surface area (Å²) in [4.78, 5) is 12.6. The van der Waals surface area contributed by atoms with E-state index in [-0.39, 0.29) is 23.2 Å². The molecule has 1 aliphatic heterocycles. The van der Waals surface area contributed by atoms with Crippen LogP contribution in [0, 0.1) is 11.8 Å². The molecule has 5 heteroatoms. The fourth-order valence-corrected chi connectivity index (χ4v) is 4.18. The van der Waals surface area contributed by atoms with Crippen molar-refractivity contribution in [1.29, 1.82) is 0 Å². The Morgan fingerprint density at radius 3 is 2.52 bits per heavy atom. The van der Waals surface area contributed by atoms with E-state index in [1.54, 1.807) is 7.11 Å². The molecule has 0 bridgehead atoms. The smallest absolute Gasteiger partial charge is 0.164 e. The minimum absolute atomic E-state index is 0.0408. The Labute approximate surface area is 149 Å². The van der Waals surface area contributed by atoms with Crippen LogP contribution in [0.4, 0.5) is 0 Å². The van der Waals surface area contributed by atoms with Crippen molar-refractivity contribution < 1.29 is 23.7 Å². The molecule has 1 saturated carbocycles. The van der Waals surface area contributed by atoms with Gasteiger partial charge in [0, 0.05) is 13.0 Å². The lowest BCUT2D eigenvalue weighted by Gasteiger charge is -2.45. The summed E-state index contributed by atoms with van der Waals surface area (Å²) in [5, 5.41) is 0. The normalized spacial score (nSPS) is 32.0. The van der Waals surface area contributed by atoms with Gasteiger partial charge in [0.25, 0.3) is 0 Å². The van der Waals surface area contributed by atoms with Crippen molar-refractivity contribution in [2.45, 2.75) is 44.5 Å². The molecule has 1 spiro atoms. The van der Waals surface area contributed by atoms with Crippen molar-refractivity contribution >= 4 is 5.78 Å². The van der Waals surface area contributed by atoms with Gasteiger partial charge in [0.05, 0.1) is 24.7 Å². The Kier molecular flexibility index (Phi) is 5.19. The second kappa shape index (κ2) is 7.06. The van der Waals surface area contributed by atoms with Gasteiger partial charge < -0.3 is 18.9 Å². The predicted molar refractivity (Wildman–Crippen MR) is 93.7 cm³/mol. The number of Topliss-reactive ketones (excluding diaryl/α,β-unsaturated/α-hetero) is 1. The van der Waals surface area contributed by atoms with Gasteiger partial charge in [0.2, 0.25) is 0 Å². The van der Waals surface area contributed by atoms with Crippen LogP contribution in [0.3, 0.4) is 0 Å². The molecule has 2 aliphatic rings. The zero-order chi connectivity index (χ0) is 18.1. The minimum atomic E-state index is -0.549. The summed E-state index contributed by atoms with van der Waals surface area (Å²) in [6.45, 7) is 7.54. The lowest BCUT2D eigenvalue weighted by Crippen LogP contribution is -2.58. The third-order valence-corrected chi connectivity index (χ3v) is 5.37. The molecule has 0 amide bonds. The Bertz CT molecular complexity index is 593. The first-order chi connectivity index (χ1) is 11.9. The van der Waals surface area contributed by atoms with Crippen LogP contribution >= 0.6 is 0 Å². The van der Waals surface area contributed by atoms with Gasteiger partial charge in [0.15, 0.2) is 5.78 Å². The van der Waals surface area contributed by atoms with Gasteiger partial charge in [-0.1, -0.05) is 25.1 Å². The maximum absolute atomic E-state index is 12.6. The van der Waals surface area contributed by atoms with Crippen LogP contribution in [0.25, 0.3) is 0 Å². The number of carbonyl (C=O) groups is 1. The highest BCUT2D eigenvalue weighted by Gasteiger charge is 2.65. The van der Waals surface area contributed by atoms with Gasteiger partial charge in [-0.15, -0.1) is 0 Å². The van der Waals surface area contributed by atoms with Crippen LogP contribution in [0.15, 0.2) is 30.3 Å². The Hall–Kier alpha value is -1.43. The van der Waals surface area contributed by atoms with Gasteiger partial charge in [-0.05, 0) is 32.4 Å². The first-order valence-corrected chi connectivity index (χ1v) is 8.92. The minimum Gasteiger partial charge on any atom is -0.491 e. The van der Waals surface area contributed by atoms with Crippen LogP contribution in [0.1, 0.15) is 27.2 Å². The largest absolute Gasteiger partial charge is 0.491 e. The molecule has 0 N–H and O–H groups in total. The van der Waals surface area contributed by atoms with Crippen LogP contribution < -0.4 is 4.74 Å². The van der Waals surface area contributed by atoms with Crippen molar-refractivity contribution in [2.75, 3.05) is 26.9 Å². The van der Waals surface area contributed by atoms with Crippen molar-refractivity contribution in [3.63, 3.8) is 0 Å². The Balaban J connectivity index is 1.62. The average molecular weight is 348 g/mol. The molecular weight excluding hydrogens is 320 g/mol. The zero-order valence-corrected chi connectivity index (χ0v) is 15.5. The third-order valence-electron chi connectivity index (χ3n) is 5.37. The summed E-state index contributed by atoms with van der Waals surface area (Å²) in [7, 11) is 1.60. The number of hydrogen-bond donors (Lipinski definition) is 0. The van der Waals surface area contributed by atoms with Gasteiger partial charge in [-0.3, -0.25) is 4.79 Å². The van der Waals surface area contributed by atoms with Crippen molar-refractivity contribution in [3.8, 4) is 5.75 Å². The molecule has 0 radical (unpaired) electrons. The van der Waals surface area contributed by atoms with Gasteiger partial charge in [-0.25, -0.2) is 0 Å². The van der Waals surface area contributed by atoms with Crippen LogP contribution in [0.5, 0.6) is 5.75 Å². The number of methoxy groups -OCH3 is 1. The summed E-state index contributed by atoms with van der Waals surface area (Å²) in [5.41, 5.74) is -0.842. The third kappa shape index (κ3) is 3.73. The number of epoxide rings is 1. The number of hydrogen-bond acceptors (Lipinski definition) is 5. The number of benzene rings is 1.